The lowest BCUT2D eigenvalue weighted by Gasteiger charge is -2.14. The van der Waals surface area contributed by atoms with Crippen LogP contribution in [0.4, 0.5) is 0 Å². The monoisotopic (exact) mass is 193 g/mol. The largest absolute Gasteiger partial charge is 0.0622 e. The molecule has 0 heteroatoms. The van der Waals surface area contributed by atoms with Gasteiger partial charge in [0.2, 0.25) is 0 Å². The molecule has 0 nitrogen and oxygen atoms in total. The minimum Gasteiger partial charge on any atom is -0.0622 e. The Labute approximate surface area is 91.6 Å². The Morgan fingerprint density at radius 2 is 1.13 bits per heavy atom. The molecule has 0 fully saturated rings. The maximum absolute atomic E-state index is 3.88. The maximum Gasteiger partial charge on any atom is 0.0373 e. The first-order valence-electron chi connectivity index (χ1n) is 5.02. The van der Waals surface area contributed by atoms with Gasteiger partial charge in [0.25, 0.3) is 0 Å². The summed E-state index contributed by atoms with van der Waals surface area (Å²) in [6.45, 7) is 3.88. The van der Waals surface area contributed by atoms with E-state index in [9.17, 15) is 0 Å². The second-order valence-corrected chi connectivity index (χ2v) is 3.35. The second kappa shape index (κ2) is 4.79. The third-order valence-electron chi connectivity index (χ3n) is 2.37. The molecule has 0 unspecified atom stereocenters. The lowest BCUT2D eigenvalue weighted by molar-refractivity contribution is 1.23. The van der Waals surface area contributed by atoms with Gasteiger partial charge in [0.1, 0.15) is 0 Å². The fourth-order valence-corrected chi connectivity index (χ4v) is 1.64. The molecule has 0 aliphatic carbocycles. The molecule has 0 saturated carbocycles. The highest BCUT2D eigenvalue weighted by molar-refractivity contribution is 5.49. The van der Waals surface area contributed by atoms with E-state index in [1.54, 1.807) is 0 Å². The number of benzene rings is 2. The van der Waals surface area contributed by atoms with Crippen LogP contribution in [-0.2, 0) is 0 Å². The molecule has 0 spiro atoms. The fourth-order valence-electron chi connectivity index (χ4n) is 1.64. The van der Waals surface area contributed by atoms with Crippen molar-refractivity contribution in [3.05, 3.63) is 91.1 Å². The first-order chi connectivity index (χ1) is 7.42. The standard InChI is InChI=1S/C15H13/c1-2-15(13-9-5-3-6-10-13)14-11-7-4-8-12-14/h2-12H,1H2. The zero-order valence-corrected chi connectivity index (χ0v) is 8.56. The van der Waals surface area contributed by atoms with Gasteiger partial charge in [0.15, 0.2) is 0 Å². The first-order valence-corrected chi connectivity index (χ1v) is 5.02. The molecule has 0 aromatic heterocycles. The van der Waals surface area contributed by atoms with Crippen molar-refractivity contribution in [3.63, 3.8) is 0 Å². The molecule has 0 atom stereocenters. The maximum atomic E-state index is 3.88. The second-order valence-electron chi connectivity index (χ2n) is 3.35. The molecule has 73 valence electrons. The normalized spacial score (nSPS) is 10.5. The summed E-state index contributed by atoms with van der Waals surface area (Å²) < 4.78 is 0. The lowest BCUT2D eigenvalue weighted by Crippen LogP contribution is -2.00. The van der Waals surface area contributed by atoms with E-state index in [0.29, 0.717) is 0 Å². The van der Waals surface area contributed by atoms with Crippen LogP contribution >= 0.6 is 0 Å². The van der Waals surface area contributed by atoms with E-state index < -0.39 is 0 Å². The first kappa shape index (κ1) is 9.97. The Morgan fingerprint density at radius 3 is 1.47 bits per heavy atom. The molecule has 2 aromatic rings. The van der Waals surface area contributed by atoms with E-state index in [0.717, 1.165) is 0 Å². The van der Waals surface area contributed by atoms with Crippen LogP contribution in [0.3, 0.4) is 0 Å². The van der Waals surface area contributed by atoms with Crippen molar-refractivity contribution in [2.75, 3.05) is 0 Å². The van der Waals surface area contributed by atoms with Crippen LogP contribution < -0.4 is 0 Å². The van der Waals surface area contributed by atoms with Gasteiger partial charge >= 0.3 is 0 Å². The summed E-state index contributed by atoms with van der Waals surface area (Å²) >= 11 is 0. The van der Waals surface area contributed by atoms with E-state index >= 15 is 0 Å². The van der Waals surface area contributed by atoms with E-state index in [4.69, 9.17) is 0 Å². The molecular weight excluding hydrogens is 180 g/mol. The highest BCUT2D eigenvalue weighted by Crippen LogP contribution is 2.25. The molecule has 0 bridgehead atoms. The van der Waals surface area contributed by atoms with E-state index in [2.05, 4.69) is 31.2 Å². The summed E-state index contributed by atoms with van der Waals surface area (Å²) in [5.74, 6) is 1.18. The summed E-state index contributed by atoms with van der Waals surface area (Å²) in [5.41, 5.74) is 2.41. The topological polar surface area (TPSA) is 0 Å². The molecule has 2 aromatic carbocycles. The SMILES string of the molecule is [CH2][CH][C](c1ccccc1)c1ccccc1. The van der Waals surface area contributed by atoms with Gasteiger partial charge < -0.3 is 0 Å². The Bertz CT molecular complexity index is 349. The number of rotatable bonds is 3. The quantitative estimate of drug-likeness (QED) is 0.697. The number of hydrogen-bond acceptors (Lipinski definition) is 0. The predicted octanol–water partition coefficient (Wildman–Crippen LogP) is 3.70. The van der Waals surface area contributed by atoms with Crippen LogP contribution in [0.1, 0.15) is 11.1 Å². The minimum absolute atomic E-state index is 1.18. The molecular formula is C15H13. The van der Waals surface area contributed by atoms with Crippen molar-refractivity contribution in [1.29, 1.82) is 0 Å². The Kier molecular flexibility index (Phi) is 3.18. The minimum atomic E-state index is 1.18. The van der Waals surface area contributed by atoms with E-state index in [1.807, 2.05) is 42.8 Å². The summed E-state index contributed by atoms with van der Waals surface area (Å²) in [6, 6.07) is 20.6. The number of hydrogen-bond donors (Lipinski definition) is 0. The van der Waals surface area contributed by atoms with Crippen LogP contribution in [0, 0.1) is 19.3 Å². The molecule has 3 radical (unpaired) electrons. The van der Waals surface area contributed by atoms with Crippen LogP contribution in [0.2, 0.25) is 0 Å². The van der Waals surface area contributed by atoms with Crippen molar-refractivity contribution in [2.45, 2.75) is 0 Å². The van der Waals surface area contributed by atoms with Gasteiger partial charge in [0, 0.05) is 5.92 Å². The lowest BCUT2D eigenvalue weighted by atomic mass is 9.89. The van der Waals surface area contributed by atoms with Gasteiger partial charge in [-0.05, 0) is 24.5 Å². The molecule has 0 amide bonds. The molecule has 0 aliphatic rings. The Hall–Kier alpha value is -1.56. The van der Waals surface area contributed by atoms with Crippen molar-refractivity contribution in [2.24, 2.45) is 0 Å². The molecule has 0 heterocycles. The average Bonchev–Trinajstić information content (AvgIpc) is 2.33. The van der Waals surface area contributed by atoms with Gasteiger partial charge in [0.05, 0.1) is 0 Å². The summed E-state index contributed by atoms with van der Waals surface area (Å²) in [7, 11) is 0. The molecule has 2 rings (SSSR count). The third kappa shape index (κ3) is 2.27. The van der Waals surface area contributed by atoms with Crippen LogP contribution in [0.25, 0.3) is 0 Å². The van der Waals surface area contributed by atoms with Crippen LogP contribution in [-0.4, -0.2) is 0 Å². The zero-order chi connectivity index (χ0) is 10.5. The summed E-state index contributed by atoms with van der Waals surface area (Å²) in [4.78, 5) is 0. The Balaban J connectivity index is 2.34. The fraction of sp³-hybridized carbons (Fsp3) is 0. The predicted molar refractivity (Wildman–Crippen MR) is 64.0 cm³/mol. The van der Waals surface area contributed by atoms with Crippen molar-refractivity contribution >= 4 is 0 Å². The molecule has 15 heavy (non-hydrogen) atoms. The van der Waals surface area contributed by atoms with Gasteiger partial charge in [-0.1, -0.05) is 60.7 Å². The summed E-state index contributed by atoms with van der Waals surface area (Å²) in [6.07, 6.45) is 1.91. The van der Waals surface area contributed by atoms with Crippen molar-refractivity contribution in [1.82, 2.24) is 0 Å². The van der Waals surface area contributed by atoms with Gasteiger partial charge in [-0.25, -0.2) is 0 Å². The molecule has 0 saturated heterocycles. The summed E-state index contributed by atoms with van der Waals surface area (Å²) in [5, 5.41) is 0. The van der Waals surface area contributed by atoms with E-state index in [-0.39, 0.29) is 0 Å². The third-order valence-corrected chi connectivity index (χ3v) is 2.37. The highest BCUT2D eigenvalue weighted by atomic mass is 14.1. The van der Waals surface area contributed by atoms with Crippen molar-refractivity contribution < 1.29 is 0 Å². The highest BCUT2D eigenvalue weighted by Gasteiger charge is 2.11. The van der Waals surface area contributed by atoms with E-state index in [1.165, 1.54) is 17.0 Å². The smallest absolute Gasteiger partial charge is 0.0373 e. The van der Waals surface area contributed by atoms with Gasteiger partial charge in [-0.15, -0.1) is 0 Å². The Morgan fingerprint density at radius 1 is 0.733 bits per heavy atom. The molecule has 0 N–H and O–H groups in total. The van der Waals surface area contributed by atoms with Crippen molar-refractivity contribution in [3.8, 4) is 0 Å². The average molecular weight is 193 g/mol. The van der Waals surface area contributed by atoms with Crippen LogP contribution in [0.5, 0.6) is 0 Å². The zero-order valence-electron chi connectivity index (χ0n) is 8.56. The van der Waals surface area contributed by atoms with Gasteiger partial charge in [-0.3, -0.25) is 0 Å². The molecule has 0 aliphatic heterocycles. The van der Waals surface area contributed by atoms with Gasteiger partial charge in [-0.2, -0.15) is 0 Å². The van der Waals surface area contributed by atoms with Crippen LogP contribution in [0.15, 0.2) is 60.7 Å².